The van der Waals surface area contributed by atoms with Gasteiger partial charge in [0.15, 0.2) is 5.69 Å². The molecular weight excluding hydrogens is 431 g/mol. The first-order valence-electron chi connectivity index (χ1n) is 11.3. The first-order valence-corrected chi connectivity index (χ1v) is 11.3. The van der Waals surface area contributed by atoms with E-state index in [1.54, 1.807) is 12.1 Å². The Morgan fingerprint density at radius 3 is 2.67 bits per heavy atom. The SMILES string of the molecule is C=CCn1nc(C(=O)N2CCN(C)CC2)c2c1CCC(NCc1ccccc1C(F)(F)F)C2. The van der Waals surface area contributed by atoms with Crippen LogP contribution in [0.1, 0.15) is 39.3 Å². The lowest BCUT2D eigenvalue weighted by Gasteiger charge is -2.32. The first kappa shape index (κ1) is 23.5. The Morgan fingerprint density at radius 2 is 1.97 bits per heavy atom. The quantitative estimate of drug-likeness (QED) is 0.672. The summed E-state index contributed by atoms with van der Waals surface area (Å²) < 4.78 is 41.9. The van der Waals surface area contributed by atoms with Crippen molar-refractivity contribution in [1.29, 1.82) is 0 Å². The van der Waals surface area contributed by atoms with E-state index in [4.69, 9.17) is 0 Å². The van der Waals surface area contributed by atoms with Crippen LogP contribution in [-0.2, 0) is 32.1 Å². The fourth-order valence-electron chi connectivity index (χ4n) is 4.67. The van der Waals surface area contributed by atoms with Crippen LogP contribution in [0.4, 0.5) is 13.2 Å². The molecule has 178 valence electrons. The third kappa shape index (κ3) is 5.14. The number of hydrogen-bond donors (Lipinski definition) is 1. The predicted molar refractivity (Wildman–Crippen MR) is 120 cm³/mol. The Labute approximate surface area is 192 Å². The van der Waals surface area contributed by atoms with Gasteiger partial charge in [-0.05, 0) is 37.9 Å². The van der Waals surface area contributed by atoms with E-state index in [-0.39, 0.29) is 24.1 Å². The van der Waals surface area contributed by atoms with Gasteiger partial charge in [-0.1, -0.05) is 24.3 Å². The number of rotatable bonds is 6. The molecule has 1 N–H and O–H groups in total. The number of piperazine rings is 1. The molecule has 33 heavy (non-hydrogen) atoms. The summed E-state index contributed by atoms with van der Waals surface area (Å²) in [7, 11) is 2.04. The van der Waals surface area contributed by atoms with E-state index in [9.17, 15) is 18.0 Å². The molecule has 1 aliphatic carbocycles. The van der Waals surface area contributed by atoms with Gasteiger partial charge in [0.05, 0.1) is 12.1 Å². The molecule has 0 radical (unpaired) electrons. The van der Waals surface area contributed by atoms with Gasteiger partial charge in [-0.2, -0.15) is 18.3 Å². The normalized spacial score (nSPS) is 19.4. The minimum absolute atomic E-state index is 0.0285. The molecule has 2 aliphatic rings. The largest absolute Gasteiger partial charge is 0.416 e. The van der Waals surface area contributed by atoms with Crippen LogP contribution in [0.5, 0.6) is 0 Å². The lowest BCUT2D eigenvalue weighted by Crippen LogP contribution is -2.47. The molecule has 0 spiro atoms. The molecule has 1 fully saturated rings. The number of fused-ring (bicyclic) bond motifs is 1. The van der Waals surface area contributed by atoms with Crippen LogP contribution in [0.25, 0.3) is 0 Å². The van der Waals surface area contributed by atoms with Crippen molar-refractivity contribution in [1.82, 2.24) is 24.9 Å². The molecule has 2 heterocycles. The van der Waals surface area contributed by atoms with E-state index in [2.05, 4.69) is 21.9 Å². The minimum Gasteiger partial charge on any atom is -0.335 e. The van der Waals surface area contributed by atoms with Gasteiger partial charge in [-0.3, -0.25) is 9.48 Å². The third-order valence-electron chi connectivity index (χ3n) is 6.55. The predicted octanol–water partition coefficient (Wildman–Crippen LogP) is 3.12. The molecule has 1 saturated heterocycles. The van der Waals surface area contributed by atoms with Crippen molar-refractivity contribution in [2.24, 2.45) is 0 Å². The van der Waals surface area contributed by atoms with Gasteiger partial charge in [0.1, 0.15) is 0 Å². The molecule has 1 aliphatic heterocycles. The highest BCUT2D eigenvalue weighted by Gasteiger charge is 2.34. The van der Waals surface area contributed by atoms with Crippen molar-refractivity contribution in [2.75, 3.05) is 33.2 Å². The number of likely N-dealkylation sites (N-methyl/N-ethyl adjacent to an activating group) is 1. The number of hydrogen-bond acceptors (Lipinski definition) is 4. The van der Waals surface area contributed by atoms with Crippen LogP contribution in [-0.4, -0.2) is 64.8 Å². The zero-order chi connectivity index (χ0) is 23.6. The molecule has 1 aromatic heterocycles. The van der Waals surface area contributed by atoms with E-state index in [1.807, 2.05) is 16.6 Å². The highest BCUT2D eigenvalue weighted by atomic mass is 19.4. The number of nitrogens with one attached hydrogen (secondary N) is 1. The van der Waals surface area contributed by atoms with Crippen molar-refractivity contribution < 1.29 is 18.0 Å². The van der Waals surface area contributed by atoms with Gasteiger partial charge in [0, 0.05) is 50.0 Å². The Morgan fingerprint density at radius 1 is 1.24 bits per heavy atom. The number of carbonyl (C=O) groups excluding carboxylic acids is 1. The van der Waals surface area contributed by atoms with Crippen molar-refractivity contribution in [2.45, 2.75) is 44.6 Å². The second-order valence-electron chi connectivity index (χ2n) is 8.82. The maximum atomic E-state index is 13.3. The maximum absolute atomic E-state index is 13.3. The molecule has 1 amide bonds. The summed E-state index contributed by atoms with van der Waals surface area (Å²) in [5, 5.41) is 7.93. The van der Waals surface area contributed by atoms with Gasteiger partial charge >= 0.3 is 6.18 Å². The topological polar surface area (TPSA) is 53.4 Å². The standard InChI is InChI=1S/C24H30F3N5O/c1-3-10-32-21-9-8-18(28-16-17-6-4-5-7-20(17)24(25,26)27)15-19(21)22(29-32)23(33)31-13-11-30(2)12-14-31/h3-7,18,28H,1,8-16H2,2H3. The number of halogens is 3. The number of aromatic nitrogens is 2. The Hall–Kier alpha value is -2.65. The van der Waals surface area contributed by atoms with Crippen LogP contribution in [0.2, 0.25) is 0 Å². The Bertz CT molecular complexity index is 1010. The number of benzene rings is 1. The van der Waals surface area contributed by atoms with E-state index in [1.165, 1.54) is 12.1 Å². The monoisotopic (exact) mass is 461 g/mol. The van der Waals surface area contributed by atoms with Gasteiger partial charge in [0.2, 0.25) is 0 Å². The van der Waals surface area contributed by atoms with Crippen molar-refractivity contribution in [3.05, 3.63) is 65.0 Å². The molecular formula is C24H30F3N5O. The first-order chi connectivity index (χ1) is 15.8. The number of carbonyl (C=O) groups is 1. The summed E-state index contributed by atoms with van der Waals surface area (Å²) in [5.41, 5.74) is 2.03. The number of alkyl halides is 3. The molecule has 6 nitrogen and oxygen atoms in total. The molecule has 0 saturated carbocycles. The van der Waals surface area contributed by atoms with E-state index in [0.29, 0.717) is 38.2 Å². The lowest BCUT2D eigenvalue weighted by molar-refractivity contribution is -0.138. The molecule has 2 aromatic rings. The fourth-order valence-corrected chi connectivity index (χ4v) is 4.67. The van der Waals surface area contributed by atoms with E-state index >= 15 is 0 Å². The second-order valence-corrected chi connectivity index (χ2v) is 8.82. The van der Waals surface area contributed by atoms with Crippen molar-refractivity contribution in [3.8, 4) is 0 Å². The number of nitrogens with zero attached hydrogens (tertiary/aromatic N) is 4. The van der Waals surface area contributed by atoms with Crippen molar-refractivity contribution in [3.63, 3.8) is 0 Å². The molecule has 1 unspecified atom stereocenters. The number of amides is 1. The Kier molecular flexibility index (Phi) is 6.90. The van der Waals surface area contributed by atoms with Gasteiger partial charge in [-0.15, -0.1) is 6.58 Å². The summed E-state index contributed by atoms with van der Waals surface area (Å²) in [5.74, 6) is -0.0646. The smallest absolute Gasteiger partial charge is 0.335 e. The fraction of sp³-hybridized carbons (Fsp3) is 0.500. The summed E-state index contributed by atoms with van der Waals surface area (Å²) in [6.45, 7) is 7.41. The van der Waals surface area contributed by atoms with Crippen LogP contribution in [0.15, 0.2) is 36.9 Å². The lowest BCUT2D eigenvalue weighted by atomic mass is 9.90. The third-order valence-corrected chi connectivity index (χ3v) is 6.55. The van der Waals surface area contributed by atoms with Crippen LogP contribution in [0.3, 0.4) is 0 Å². The summed E-state index contributed by atoms with van der Waals surface area (Å²) in [6.07, 6.45) is -0.575. The molecule has 1 atom stereocenters. The average Bonchev–Trinajstić information content (AvgIpc) is 3.15. The Balaban J connectivity index is 1.52. The van der Waals surface area contributed by atoms with Crippen LogP contribution >= 0.6 is 0 Å². The van der Waals surface area contributed by atoms with Crippen LogP contribution in [0, 0.1) is 0 Å². The summed E-state index contributed by atoms with van der Waals surface area (Å²) >= 11 is 0. The van der Waals surface area contributed by atoms with E-state index < -0.39 is 11.7 Å². The van der Waals surface area contributed by atoms with Crippen LogP contribution < -0.4 is 5.32 Å². The number of allylic oxidation sites excluding steroid dienone is 1. The highest BCUT2D eigenvalue weighted by molar-refractivity contribution is 5.94. The summed E-state index contributed by atoms with van der Waals surface area (Å²) in [4.78, 5) is 17.3. The zero-order valence-corrected chi connectivity index (χ0v) is 18.9. The molecule has 4 rings (SSSR count). The highest BCUT2D eigenvalue weighted by Crippen LogP contribution is 2.32. The molecule has 1 aromatic carbocycles. The zero-order valence-electron chi connectivity index (χ0n) is 18.9. The van der Waals surface area contributed by atoms with Crippen molar-refractivity contribution >= 4 is 5.91 Å². The van der Waals surface area contributed by atoms with Gasteiger partial charge in [-0.25, -0.2) is 0 Å². The van der Waals surface area contributed by atoms with E-state index in [0.717, 1.165) is 36.8 Å². The second kappa shape index (κ2) is 9.69. The van der Waals surface area contributed by atoms with Gasteiger partial charge < -0.3 is 15.1 Å². The average molecular weight is 462 g/mol. The summed E-state index contributed by atoms with van der Waals surface area (Å²) in [6, 6.07) is 5.62. The van der Waals surface area contributed by atoms with Gasteiger partial charge in [0.25, 0.3) is 5.91 Å². The maximum Gasteiger partial charge on any atom is 0.416 e. The molecule has 9 heteroatoms. The minimum atomic E-state index is -4.38. The molecule has 0 bridgehead atoms.